The molecule has 21 heavy (non-hydrogen) atoms. The number of aromatic nitrogens is 1. The highest BCUT2D eigenvalue weighted by Gasteiger charge is 2.23. The van der Waals surface area contributed by atoms with Crippen LogP contribution in [0.2, 0.25) is 0 Å². The van der Waals surface area contributed by atoms with Gasteiger partial charge in [0.1, 0.15) is 16.4 Å². The van der Waals surface area contributed by atoms with Crippen LogP contribution in [-0.4, -0.2) is 0 Å². The Morgan fingerprint density at radius 3 is 1.90 bits per heavy atom. The molecule has 0 fully saturated rings. The first-order valence-corrected chi connectivity index (χ1v) is 7.73. The summed E-state index contributed by atoms with van der Waals surface area (Å²) in [5, 5.41) is 0. The summed E-state index contributed by atoms with van der Waals surface area (Å²) in [5.41, 5.74) is 5.31. The number of aryl methyl sites for hydroxylation is 1. The molecule has 0 saturated carbocycles. The first kappa shape index (κ1) is 16.2. The van der Waals surface area contributed by atoms with Gasteiger partial charge in [-0.15, -0.1) is 3.96 Å². The molecule has 0 bridgehead atoms. The van der Waals surface area contributed by atoms with Crippen molar-refractivity contribution in [1.82, 2.24) is 0 Å². The molecule has 0 saturated heterocycles. The fourth-order valence-corrected chi connectivity index (χ4v) is 3.72. The molecule has 1 aromatic heterocycles. The second-order valence-corrected chi connectivity index (χ2v) is 5.84. The Bertz CT molecular complexity index is 705. The Hall–Kier alpha value is -1.20. The predicted octanol–water partition coefficient (Wildman–Crippen LogP) is 1.70. The Morgan fingerprint density at radius 1 is 0.857 bits per heavy atom. The Morgan fingerprint density at radius 2 is 1.38 bits per heavy atom. The molecule has 0 aliphatic carbocycles. The minimum Gasteiger partial charge on any atom is -1.00 e. The number of halogens is 1. The van der Waals surface area contributed by atoms with E-state index in [0.717, 1.165) is 6.54 Å². The SMILES string of the molecule is CC[n+]1sc(-c2ccccc2)c(-c2ccccc2)c1C.[I-]. The second-order valence-electron chi connectivity index (χ2n) is 4.81. The lowest BCUT2D eigenvalue weighted by atomic mass is 10.0. The van der Waals surface area contributed by atoms with Gasteiger partial charge in [-0.2, -0.15) is 0 Å². The zero-order chi connectivity index (χ0) is 13.9. The largest absolute Gasteiger partial charge is 1.00 e. The first-order chi connectivity index (χ1) is 9.81. The molecule has 3 aromatic rings. The summed E-state index contributed by atoms with van der Waals surface area (Å²) in [6.45, 7) is 5.44. The van der Waals surface area contributed by atoms with Gasteiger partial charge in [0.05, 0.1) is 5.56 Å². The molecule has 0 unspecified atom stereocenters. The van der Waals surface area contributed by atoms with Crippen molar-refractivity contribution in [3.8, 4) is 21.6 Å². The van der Waals surface area contributed by atoms with Crippen LogP contribution in [0.4, 0.5) is 0 Å². The van der Waals surface area contributed by atoms with Crippen molar-refractivity contribution in [2.24, 2.45) is 0 Å². The molecule has 0 aliphatic heterocycles. The van der Waals surface area contributed by atoms with Gasteiger partial charge in [-0.25, -0.2) is 0 Å². The number of benzene rings is 2. The van der Waals surface area contributed by atoms with E-state index in [9.17, 15) is 0 Å². The molecule has 0 spiro atoms. The van der Waals surface area contributed by atoms with Crippen LogP contribution in [-0.2, 0) is 6.54 Å². The number of hydrogen-bond acceptors (Lipinski definition) is 1. The fraction of sp³-hybridized carbons (Fsp3) is 0.167. The molecule has 0 aliphatic rings. The van der Waals surface area contributed by atoms with Crippen molar-refractivity contribution in [1.29, 1.82) is 0 Å². The fourth-order valence-electron chi connectivity index (χ4n) is 2.55. The number of nitrogens with zero attached hydrogens (tertiary/aromatic N) is 1. The van der Waals surface area contributed by atoms with Crippen LogP contribution in [0.1, 0.15) is 12.6 Å². The normalized spacial score (nSPS) is 10.2. The molecule has 0 amide bonds. The summed E-state index contributed by atoms with van der Waals surface area (Å²) in [7, 11) is 0. The van der Waals surface area contributed by atoms with E-state index in [1.807, 2.05) is 11.5 Å². The van der Waals surface area contributed by atoms with Gasteiger partial charge >= 0.3 is 0 Å². The van der Waals surface area contributed by atoms with Crippen molar-refractivity contribution < 1.29 is 27.9 Å². The molecule has 0 atom stereocenters. The van der Waals surface area contributed by atoms with Gasteiger partial charge in [0.15, 0.2) is 6.54 Å². The first-order valence-electron chi connectivity index (χ1n) is 6.96. The molecular weight excluding hydrogens is 389 g/mol. The predicted molar refractivity (Wildman–Crippen MR) is 85.8 cm³/mol. The van der Waals surface area contributed by atoms with E-state index in [-0.39, 0.29) is 24.0 Å². The van der Waals surface area contributed by atoms with Gasteiger partial charge in [0.2, 0.25) is 5.69 Å². The molecule has 1 heterocycles. The molecule has 3 heteroatoms. The summed E-state index contributed by atoms with van der Waals surface area (Å²) in [5.74, 6) is 0. The maximum atomic E-state index is 2.37. The van der Waals surface area contributed by atoms with Crippen molar-refractivity contribution in [2.75, 3.05) is 0 Å². The zero-order valence-electron chi connectivity index (χ0n) is 12.2. The lowest BCUT2D eigenvalue weighted by molar-refractivity contribution is -0.631. The average Bonchev–Trinajstić information content (AvgIpc) is 2.86. The maximum absolute atomic E-state index is 2.37. The number of rotatable bonds is 3. The van der Waals surface area contributed by atoms with Crippen LogP contribution in [0.3, 0.4) is 0 Å². The third-order valence-electron chi connectivity index (χ3n) is 3.55. The van der Waals surface area contributed by atoms with E-state index in [1.54, 1.807) is 0 Å². The van der Waals surface area contributed by atoms with Crippen molar-refractivity contribution in [3.63, 3.8) is 0 Å². The quantitative estimate of drug-likeness (QED) is 0.460. The van der Waals surface area contributed by atoms with Gasteiger partial charge in [-0.3, -0.25) is 0 Å². The second kappa shape index (κ2) is 7.18. The van der Waals surface area contributed by atoms with Crippen LogP contribution in [0.25, 0.3) is 21.6 Å². The summed E-state index contributed by atoms with van der Waals surface area (Å²) < 4.78 is 2.37. The third kappa shape index (κ3) is 3.19. The Kier molecular flexibility index (Phi) is 5.53. The molecule has 1 nitrogen and oxygen atoms in total. The van der Waals surface area contributed by atoms with E-state index in [1.165, 1.54) is 27.3 Å². The van der Waals surface area contributed by atoms with Gasteiger partial charge in [-0.05, 0) is 18.1 Å². The Balaban J connectivity index is 0.00000161. The highest BCUT2D eigenvalue weighted by molar-refractivity contribution is 7.06. The standard InChI is InChI=1S/C18H18NS.HI/c1-3-19-14(2)17(15-10-6-4-7-11-15)18(20-19)16-12-8-5-9-13-16;/h4-13H,3H2,1-2H3;1H/q+1;/p-1. The van der Waals surface area contributed by atoms with Crippen LogP contribution in [0.5, 0.6) is 0 Å². The van der Waals surface area contributed by atoms with E-state index in [0.29, 0.717) is 0 Å². The monoisotopic (exact) mass is 407 g/mol. The summed E-state index contributed by atoms with van der Waals surface area (Å²) in [6, 6.07) is 21.3. The Labute approximate surface area is 147 Å². The maximum Gasteiger partial charge on any atom is 0.201 e. The van der Waals surface area contributed by atoms with Crippen molar-refractivity contribution >= 4 is 11.5 Å². The topological polar surface area (TPSA) is 3.88 Å². The van der Waals surface area contributed by atoms with E-state index in [4.69, 9.17) is 0 Å². The average molecular weight is 407 g/mol. The highest BCUT2D eigenvalue weighted by Crippen LogP contribution is 2.36. The molecule has 3 rings (SSSR count). The molecule has 2 aromatic carbocycles. The molecule has 108 valence electrons. The van der Waals surface area contributed by atoms with Crippen LogP contribution < -0.4 is 27.9 Å². The van der Waals surface area contributed by atoms with E-state index >= 15 is 0 Å². The zero-order valence-corrected chi connectivity index (χ0v) is 15.2. The van der Waals surface area contributed by atoms with Gasteiger partial charge in [-0.1, -0.05) is 60.7 Å². The molecular formula is C18H18INS. The van der Waals surface area contributed by atoms with Gasteiger partial charge in [0, 0.05) is 6.92 Å². The van der Waals surface area contributed by atoms with Crippen molar-refractivity contribution in [2.45, 2.75) is 20.4 Å². The third-order valence-corrected chi connectivity index (χ3v) is 4.92. The highest BCUT2D eigenvalue weighted by atomic mass is 127. The lowest BCUT2D eigenvalue weighted by Gasteiger charge is -2.01. The minimum atomic E-state index is 0. The summed E-state index contributed by atoms with van der Waals surface area (Å²) >= 11 is 1.85. The number of hydrogen-bond donors (Lipinski definition) is 0. The van der Waals surface area contributed by atoms with Gasteiger partial charge < -0.3 is 24.0 Å². The molecule has 0 N–H and O–H groups in total. The summed E-state index contributed by atoms with van der Waals surface area (Å²) in [6.07, 6.45) is 0. The van der Waals surface area contributed by atoms with Crippen molar-refractivity contribution in [3.05, 3.63) is 66.4 Å². The van der Waals surface area contributed by atoms with Crippen LogP contribution in [0, 0.1) is 6.92 Å². The smallest absolute Gasteiger partial charge is 0.201 e. The van der Waals surface area contributed by atoms with Crippen LogP contribution in [0.15, 0.2) is 60.7 Å². The summed E-state index contributed by atoms with van der Waals surface area (Å²) in [4.78, 5) is 1.36. The van der Waals surface area contributed by atoms with E-state index in [2.05, 4.69) is 78.5 Å². The van der Waals surface area contributed by atoms with E-state index < -0.39 is 0 Å². The lowest BCUT2D eigenvalue weighted by Crippen LogP contribution is -3.00. The molecule has 0 radical (unpaired) electrons. The minimum absolute atomic E-state index is 0. The van der Waals surface area contributed by atoms with Crippen LogP contribution >= 0.6 is 11.5 Å². The van der Waals surface area contributed by atoms with Gasteiger partial charge in [0.25, 0.3) is 0 Å².